The third-order valence-corrected chi connectivity index (χ3v) is 6.23. The summed E-state index contributed by atoms with van der Waals surface area (Å²) in [4.78, 5) is 0. The molecule has 4 rings (SSSR count). The highest BCUT2D eigenvalue weighted by Gasteiger charge is 2.39. The number of methoxy groups -OCH3 is 1. The van der Waals surface area contributed by atoms with Crippen LogP contribution in [0.1, 0.15) is 48.7 Å². The molecule has 1 heterocycles. The maximum atomic E-state index is 6.45. The van der Waals surface area contributed by atoms with E-state index in [0.29, 0.717) is 0 Å². The minimum atomic E-state index is -0.270. The molecule has 3 aromatic rings. The Hall–Kier alpha value is -2.88. The summed E-state index contributed by atoms with van der Waals surface area (Å²) in [7, 11) is 1.68. The Kier molecular flexibility index (Phi) is 6.55. The van der Waals surface area contributed by atoms with Crippen molar-refractivity contribution in [3.05, 3.63) is 114 Å². The smallest absolute Gasteiger partial charge is 0.159 e. The molecule has 1 unspecified atom stereocenters. The first-order valence-electron chi connectivity index (χ1n) is 10.8. The number of ether oxygens (including phenoxy) is 3. The fourth-order valence-corrected chi connectivity index (χ4v) is 4.18. The molecule has 0 bridgehead atoms. The Morgan fingerprint density at radius 2 is 1.35 bits per heavy atom. The van der Waals surface area contributed by atoms with E-state index in [9.17, 15) is 0 Å². The third kappa shape index (κ3) is 4.73. The lowest BCUT2D eigenvalue weighted by Crippen LogP contribution is -2.22. The summed E-state index contributed by atoms with van der Waals surface area (Å²) < 4.78 is 18.2. The topological polar surface area (TPSA) is 27.7 Å². The second-order valence-electron chi connectivity index (χ2n) is 8.25. The van der Waals surface area contributed by atoms with Gasteiger partial charge in [0.25, 0.3) is 0 Å². The normalized spacial score (nSPS) is 22.6. The summed E-state index contributed by atoms with van der Waals surface area (Å²) >= 11 is 0. The molecule has 0 amide bonds. The summed E-state index contributed by atoms with van der Waals surface area (Å²) in [6, 6.07) is 28.9. The van der Waals surface area contributed by atoms with Gasteiger partial charge in [-0.1, -0.05) is 85.8 Å². The maximum Gasteiger partial charge on any atom is 0.159 e. The van der Waals surface area contributed by atoms with Crippen LogP contribution in [0.4, 0.5) is 0 Å². The van der Waals surface area contributed by atoms with Crippen LogP contribution in [0.15, 0.2) is 97.6 Å². The van der Waals surface area contributed by atoms with Crippen molar-refractivity contribution in [2.75, 3.05) is 7.11 Å². The van der Waals surface area contributed by atoms with Gasteiger partial charge < -0.3 is 14.2 Å². The molecule has 160 valence electrons. The zero-order valence-corrected chi connectivity index (χ0v) is 18.2. The predicted molar refractivity (Wildman–Crippen MR) is 124 cm³/mol. The van der Waals surface area contributed by atoms with Gasteiger partial charge in [0.05, 0.1) is 7.11 Å². The zero-order chi connectivity index (χ0) is 21.7. The lowest BCUT2D eigenvalue weighted by molar-refractivity contribution is -0.0741. The van der Waals surface area contributed by atoms with Crippen LogP contribution in [-0.2, 0) is 14.9 Å². The minimum absolute atomic E-state index is 0.121. The predicted octanol–water partition coefficient (Wildman–Crippen LogP) is 6.77. The van der Waals surface area contributed by atoms with E-state index in [0.717, 1.165) is 29.7 Å². The van der Waals surface area contributed by atoms with Crippen molar-refractivity contribution in [3.63, 3.8) is 0 Å². The van der Waals surface area contributed by atoms with Gasteiger partial charge in [-0.3, -0.25) is 0 Å². The highest BCUT2D eigenvalue weighted by atomic mass is 16.7. The number of allylic oxidation sites excluding steroid dienone is 1. The molecular formula is C28H30O3. The first-order chi connectivity index (χ1) is 15.1. The van der Waals surface area contributed by atoms with Gasteiger partial charge in [0, 0.05) is 5.41 Å². The molecule has 1 fully saturated rings. The van der Waals surface area contributed by atoms with E-state index >= 15 is 0 Å². The zero-order valence-electron chi connectivity index (χ0n) is 18.2. The average Bonchev–Trinajstić information content (AvgIpc) is 3.28. The van der Waals surface area contributed by atoms with Crippen LogP contribution < -0.4 is 4.74 Å². The van der Waals surface area contributed by atoms with E-state index in [-0.39, 0.29) is 23.9 Å². The van der Waals surface area contributed by atoms with Crippen molar-refractivity contribution in [2.24, 2.45) is 0 Å². The van der Waals surface area contributed by atoms with Crippen molar-refractivity contribution in [1.82, 2.24) is 0 Å². The van der Waals surface area contributed by atoms with Crippen molar-refractivity contribution >= 4 is 0 Å². The molecule has 1 aliphatic rings. The Morgan fingerprint density at radius 1 is 0.839 bits per heavy atom. The van der Waals surface area contributed by atoms with Gasteiger partial charge in [-0.2, -0.15) is 0 Å². The van der Waals surface area contributed by atoms with Gasteiger partial charge in [0.2, 0.25) is 0 Å². The van der Waals surface area contributed by atoms with Crippen molar-refractivity contribution < 1.29 is 14.2 Å². The van der Waals surface area contributed by atoms with Gasteiger partial charge in [0.1, 0.15) is 18.0 Å². The van der Waals surface area contributed by atoms with Gasteiger partial charge in [-0.15, -0.1) is 6.58 Å². The van der Waals surface area contributed by atoms with Crippen LogP contribution in [0.25, 0.3) is 0 Å². The Balaban J connectivity index is 1.51. The van der Waals surface area contributed by atoms with Crippen LogP contribution in [0.3, 0.4) is 0 Å². The SMILES string of the molecule is C=C[C@](C)(CCC1O[C@H](c2ccccc2)[C@H](c2ccccc2)O1)c1ccc(OC)cc1. The molecule has 4 atom stereocenters. The molecule has 0 aliphatic carbocycles. The van der Waals surface area contributed by atoms with Crippen LogP contribution in [0.5, 0.6) is 5.75 Å². The second kappa shape index (κ2) is 9.51. The molecule has 0 radical (unpaired) electrons. The first kappa shape index (κ1) is 21.4. The summed E-state index contributed by atoms with van der Waals surface area (Å²) in [5.41, 5.74) is 3.31. The first-order valence-corrected chi connectivity index (χ1v) is 10.8. The van der Waals surface area contributed by atoms with Gasteiger partial charge in [0.15, 0.2) is 6.29 Å². The summed E-state index contributed by atoms with van der Waals surface area (Å²) in [6.45, 7) is 6.32. The standard InChI is InChI=1S/C28H30O3/c1-4-28(2,23-15-17-24(29-3)18-16-23)20-19-25-30-26(21-11-7-5-8-12-21)27(31-25)22-13-9-6-10-14-22/h4-18,25-27H,1,19-20H2,2-3H3/t25?,26-,27+,28-/m1/s1. The van der Waals surface area contributed by atoms with Gasteiger partial charge >= 0.3 is 0 Å². The van der Waals surface area contributed by atoms with E-state index in [1.807, 2.05) is 54.6 Å². The van der Waals surface area contributed by atoms with E-state index in [1.54, 1.807) is 7.11 Å². The van der Waals surface area contributed by atoms with Crippen LogP contribution >= 0.6 is 0 Å². The van der Waals surface area contributed by atoms with Gasteiger partial charge in [-0.05, 0) is 41.7 Å². The molecule has 0 aromatic heterocycles. The monoisotopic (exact) mass is 414 g/mol. The second-order valence-corrected chi connectivity index (χ2v) is 8.25. The molecule has 0 spiro atoms. The average molecular weight is 415 g/mol. The summed E-state index contributed by atoms with van der Waals surface area (Å²) in [5, 5.41) is 0. The molecule has 0 saturated carbocycles. The van der Waals surface area contributed by atoms with Crippen LogP contribution in [0, 0.1) is 0 Å². The van der Waals surface area contributed by atoms with E-state index in [4.69, 9.17) is 14.2 Å². The van der Waals surface area contributed by atoms with Crippen molar-refractivity contribution in [3.8, 4) is 5.75 Å². The maximum absolute atomic E-state index is 6.45. The third-order valence-electron chi connectivity index (χ3n) is 6.23. The molecule has 0 N–H and O–H groups in total. The van der Waals surface area contributed by atoms with Crippen LogP contribution in [-0.4, -0.2) is 13.4 Å². The quantitative estimate of drug-likeness (QED) is 0.381. The summed E-state index contributed by atoms with van der Waals surface area (Å²) in [5.74, 6) is 0.856. The number of hydrogen-bond donors (Lipinski definition) is 0. The molecule has 1 aliphatic heterocycles. The van der Waals surface area contributed by atoms with Crippen molar-refractivity contribution in [1.29, 1.82) is 0 Å². The fraction of sp³-hybridized carbons (Fsp3) is 0.286. The highest BCUT2D eigenvalue weighted by Crippen LogP contribution is 2.44. The fourth-order valence-electron chi connectivity index (χ4n) is 4.18. The Labute approximate surface area is 185 Å². The summed E-state index contributed by atoms with van der Waals surface area (Å²) in [6.07, 6.45) is 3.16. The lowest BCUT2D eigenvalue weighted by atomic mass is 9.78. The number of hydrogen-bond acceptors (Lipinski definition) is 3. The molecule has 3 aromatic carbocycles. The molecule has 3 heteroatoms. The highest BCUT2D eigenvalue weighted by molar-refractivity contribution is 5.35. The molecule has 31 heavy (non-hydrogen) atoms. The Morgan fingerprint density at radius 3 is 1.81 bits per heavy atom. The van der Waals surface area contributed by atoms with E-state index in [1.165, 1.54) is 5.56 Å². The number of benzene rings is 3. The van der Waals surface area contributed by atoms with Crippen molar-refractivity contribution in [2.45, 2.75) is 43.7 Å². The van der Waals surface area contributed by atoms with Crippen LogP contribution in [0.2, 0.25) is 0 Å². The largest absolute Gasteiger partial charge is 0.497 e. The molecule has 3 nitrogen and oxygen atoms in total. The van der Waals surface area contributed by atoms with E-state index in [2.05, 4.69) is 49.9 Å². The molecule has 1 saturated heterocycles. The lowest BCUT2D eigenvalue weighted by Gasteiger charge is -2.27. The molecular weight excluding hydrogens is 384 g/mol. The minimum Gasteiger partial charge on any atom is -0.497 e. The Bertz CT molecular complexity index is 921. The van der Waals surface area contributed by atoms with Gasteiger partial charge in [-0.25, -0.2) is 0 Å². The number of rotatable bonds is 8. The van der Waals surface area contributed by atoms with E-state index < -0.39 is 0 Å².